The molecular weight excluding hydrogens is 292 g/mol. The molecule has 0 aromatic heterocycles. The molecule has 0 radical (unpaired) electrons. The van der Waals surface area contributed by atoms with Crippen molar-refractivity contribution in [3.8, 4) is 0 Å². The van der Waals surface area contributed by atoms with Crippen LogP contribution in [0.3, 0.4) is 0 Å². The van der Waals surface area contributed by atoms with Gasteiger partial charge < -0.3 is 0 Å². The van der Waals surface area contributed by atoms with E-state index in [0.717, 1.165) is 6.42 Å². The van der Waals surface area contributed by atoms with Gasteiger partial charge in [0.2, 0.25) is 0 Å². The topological polar surface area (TPSA) is 0 Å². The van der Waals surface area contributed by atoms with E-state index in [1.807, 2.05) is 0 Å². The van der Waals surface area contributed by atoms with E-state index < -0.39 is 0 Å². The van der Waals surface area contributed by atoms with Gasteiger partial charge in [-0.25, -0.2) is 0 Å². The van der Waals surface area contributed by atoms with Crippen molar-refractivity contribution in [2.75, 3.05) is 0 Å². The van der Waals surface area contributed by atoms with Crippen LogP contribution in [0.1, 0.15) is 25.3 Å². The molecule has 13 heavy (non-hydrogen) atoms. The number of hydrogen-bond acceptors (Lipinski definition) is 0. The van der Waals surface area contributed by atoms with Crippen LogP contribution in [-0.4, -0.2) is 4.83 Å². The highest BCUT2D eigenvalue weighted by molar-refractivity contribution is 9.10. The van der Waals surface area contributed by atoms with Crippen LogP contribution in [0.15, 0.2) is 28.7 Å². The summed E-state index contributed by atoms with van der Waals surface area (Å²) in [4.78, 5) is 0.617. The van der Waals surface area contributed by atoms with Crippen molar-refractivity contribution >= 4 is 31.9 Å². The van der Waals surface area contributed by atoms with E-state index in [4.69, 9.17) is 0 Å². The Bertz CT molecular complexity index is 258. The van der Waals surface area contributed by atoms with E-state index in [-0.39, 0.29) is 0 Å². The molecule has 1 rings (SSSR count). The summed E-state index contributed by atoms with van der Waals surface area (Å²) >= 11 is 7.16. The van der Waals surface area contributed by atoms with E-state index in [0.29, 0.717) is 4.83 Å². The minimum Gasteiger partial charge on any atom is -0.0887 e. The molecule has 0 nitrogen and oxygen atoms in total. The van der Waals surface area contributed by atoms with Gasteiger partial charge in [0.15, 0.2) is 0 Å². The highest BCUT2D eigenvalue weighted by atomic mass is 79.9. The van der Waals surface area contributed by atoms with Crippen LogP contribution < -0.4 is 0 Å². The van der Waals surface area contributed by atoms with Gasteiger partial charge in [0, 0.05) is 9.30 Å². The molecule has 0 aliphatic rings. The third kappa shape index (κ3) is 4.28. The van der Waals surface area contributed by atoms with Crippen LogP contribution in [0, 0.1) is 0 Å². The first-order valence-electron chi connectivity index (χ1n) is 4.61. The Morgan fingerprint density at radius 3 is 2.77 bits per heavy atom. The predicted octanol–water partition coefficient (Wildman–Crippen LogP) is 4.56. The molecule has 0 amide bonds. The second-order valence-electron chi connectivity index (χ2n) is 3.22. The summed E-state index contributed by atoms with van der Waals surface area (Å²) in [6.45, 7) is 2.22. The molecule has 0 saturated heterocycles. The molecule has 1 aromatic carbocycles. The Hall–Kier alpha value is 0.180. The second kappa shape index (κ2) is 5.82. The fraction of sp³-hybridized carbons (Fsp3) is 0.455. The molecule has 0 spiro atoms. The van der Waals surface area contributed by atoms with Crippen LogP contribution in [0.25, 0.3) is 0 Å². The van der Waals surface area contributed by atoms with Crippen molar-refractivity contribution in [1.29, 1.82) is 0 Å². The van der Waals surface area contributed by atoms with Gasteiger partial charge in [-0.2, -0.15) is 0 Å². The third-order valence-electron chi connectivity index (χ3n) is 1.95. The monoisotopic (exact) mass is 304 g/mol. The molecule has 0 saturated carbocycles. The van der Waals surface area contributed by atoms with E-state index >= 15 is 0 Å². The van der Waals surface area contributed by atoms with Gasteiger partial charge >= 0.3 is 0 Å². The van der Waals surface area contributed by atoms with E-state index in [9.17, 15) is 0 Å². The molecule has 1 unspecified atom stereocenters. The highest BCUT2D eigenvalue weighted by Gasteiger charge is 2.03. The molecule has 0 bridgehead atoms. The van der Waals surface area contributed by atoms with Gasteiger partial charge in [0.25, 0.3) is 0 Å². The lowest BCUT2D eigenvalue weighted by molar-refractivity contribution is 0.744. The van der Waals surface area contributed by atoms with Gasteiger partial charge in [0.05, 0.1) is 0 Å². The number of rotatable bonds is 4. The van der Waals surface area contributed by atoms with Crippen molar-refractivity contribution in [3.63, 3.8) is 0 Å². The Labute approximate surface area is 97.0 Å². The SMILES string of the molecule is CCCC(Br)Cc1cccc(Br)c1. The van der Waals surface area contributed by atoms with Crippen LogP contribution in [0.4, 0.5) is 0 Å². The molecule has 0 aliphatic heterocycles. The van der Waals surface area contributed by atoms with Gasteiger partial charge in [-0.1, -0.05) is 57.3 Å². The quantitative estimate of drug-likeness (QED) is 0.716. The van der Waals surface area contributed by atoms with E-state index in [2.05, 4.69) is 63.0 Å². The largest absolute Gasteiger partial charge is 0.0887 e. The molecule has 72 valence electrons. The fourth-order valence-electron chi connectivity index (χ4n) is 1.33. The van der Waals surface area contributed by atoms with Crippen molar-refractivity contribution in [1.82, 2.24) is 0 Å². The summed E-state index contributed by atoms with van der Waals surface area (Å²) < 4.78 is 1.17. The molecule has 1 aromatic rings. The molecule has 1 atom stereocenters. The summed E-state index contributed by atoms with van der Waals surface area (Å²) in [5, 5.41) is 0. The first kappa shape index (κ1) is 11.3. The second-order valence-corrected chi connectivity index (χ2v) is 5.43. The Balaban J connectivity index is 2.53. The normalized spacial score (nSPS) is 12.8. The number of halogens is 2. The zero-order chi connectivity index (χ0) is 9.68. The lowest BCUT2D eigenvalue weighted by atomic mass is 10.1. The van der Waals surface area contributed by atoms with Crippen molar-refractivity contribution in [3.05, 3.63) is 34.3 Å². The first-order valence-corrected chi connectivity index (χ1v) is 6.31. The smallest absolute Gasteiger partial charge is 0.0186 e. The van der Waals surface area contributed by atoms with Gasteiger partial charge in [0.1, 0.15) is 0 Å². The average Bonchev–Trinajstić information content (AvgIpc) is 2.04. The maximum Gasteiger partial charge on any atom is 0.0186 e. The van der Waals surface area contributed by atoms with Crippen LogP contribution in [0.2, 0.25) is 0 Å². The third-order valence-corrected chi connectivity index (χ3v) is 3.22. The van der Waals surface area contributed by atoms with Gasteiger partial charge in [-0.05, 0) is 30.5 Å². The molecule has 0 aliphatic carbocycles. The van der Waals surface area contributed by atoms with Gasteiger partial charge in [-0.3, -0.25) is 0 Å². The summed E-state index contributed by atoms with van der Waals surface area (Å²) in [6, 6.07) is 8.51. The summed E-state index contributed by atoms with van der Waals surface area (Å²) in [7, 11) is 0. The predicted molar refractivity (Wildman–Crippen MR) is 65.5 cm³/mol. The van der Waals surface area contributed by atoms with Crippen molar-refractivity contribution in [2.45, 2.75) is 31.0 Å². The standard InChI is InChI=1S/C11H14Br2/c1-2-4-10(12)7-9-5-3-6-11(13)8-9/h3,5-6,8,10H,2,4,7H2,1H3. The molecular formula is C11H14Br2. The maximum absolute atomic E-state index is 3.68. The van der Waals surface area contributed by atoms with Crippen molar-refractivity contribution in [2.24, 2.45) is 0 Å². The number of benzene rings is 1. The first-order chi connectivity index (χ1) is 6.22. The lowest BCUT2D eigenvalue weighted by Gasteiger charge is -2.08. The van der Waals surface area contributed by atoms with Crippen LogP contribution in [-0.2, 0) is 6.42 Å². The molecule has 2 heteroatoms. The molecule has 0 heterocycles. The summed E-state index contributed by atoms with van der Waals surface area (Å²) in [5.74, 6) is 0. The van der Waals surface area contributed by atoms with Gasteiger partial charge in [-0.15, -0.1) is 0 Å². The minimum absolute atomic E-state index is 0.617. The number of hydrogen-bond donors (Lipinski definition) is 0. The van der Waals surface area contributed by atoms with Crippen molar-refractivity contribution < 1.29 is 0 Å². The Morgan fingerprint density at radius 1 is 1.38 bits per heavy atom. The lowest BCUT2D eigenvalue weighted by Crippen LogP contribution is -2.01. The zero-order valence-electron chi connectivity index (χ0n) is 7.76. The molecule has 0 N–H and O–H groups in total. The molecule has 0 fully saturated rings. The summed E-state index contributed by atoms with van der Waals surface area (Å²) in [5.41, 5.74) is 1.39. The van der Waals surface area contributed by atoms with Crippen LogP contribution >= 0.6 is 31.9 Å². The average molecular weight is 306 g/mol. The fourth-order valence-corrected chi connectivity index (χ4v) is 2.61. The number of alkyl halides is 1. The minimum atomic E-state index is 0.617. The van der Waals surface area contributed by atoms with Crippen LogP contribution in [0.5, 0.6) is 0 Å². The highest BCUT2D eigenvalue weighted by Crippen LogP contribution is 2.18. The maximum atomic E-state index is 3.68. The Kier molecular flexibility index (Phi) is 5.04. The van der Waals surface area contributed by atoms with E-state index in [1.54, 1.807) is 0 Å². The zero-order valence-corrected chi connectivity index (χ0v) is 10.9. The summed E-state index contributed by atoms with van der Waals surface area (Å²) in [6.07, 6.45) is 3.60. The Morgan fingerprint density at radius 2 is 2.15 bits per heavy atom. The van der Waals surface area contributed by atoms with E-state index in [1.165, 1.54) is 22.9 Å².